The van der Waals surface area contributed by atoms with Gasteiger partial charge in [0.1, 0.15) is 5.82 Å². The van der Waals surface area contributed by atoms with Crippen molar-refractivity contribution in [2.24, 2.45) is 0 Å². The van der Waals surface area contributed by atoms with E-state index in [-0.39, 0.29) is 12.1 Å². The number of benzene rings is 1. The SMILES string of the molecule is CS(=O)(=O)NC1CCC(Nc2nccc(-n3ccc4c(Br)cccc43)n2)CC1. The first-order valence-electron chi connectivity index (χ1n) is 9.22. The minimum atomic E-state index is -3.15. The number of hydrogen-bond acceptors (Lipinski definition) is 5. The number of anilines is 1. The van der Waals surface area contributed by atoms with E-state index in [1.807, 2.05) is 29.0 Å². The molecule has 1 aromatic carbocycles. The first-order valence-corrected chi connectivity index (χ1v) is 11.9. The van der Waals surface area contributed by atoms with Crippen molar-refractivity contribution in [1.29, 1.82) is 0 Å². The van der Waals surface area contributed by atoms with Crippen LogP contribution in [0.3, 0.4) is 0 Å². The lowest BCUT2D eigenvalue weighted by atomic mass is 9.92. The molecule has 0 aliphatic heterocycles. The minimum absolute atomic E-state index is 0.0185. The molecule has 2 N–H and O–H groups in total. The van der Waals surface area contributed by atoms with Crippen molar-refractivity contribution in [3.8, 4) is 5.82 Å². The van der Waals surface area contributed by atoms with Gasteiger partial charge in [-0.15, -0.1) is 0 Å². The summed E-state index contributed by atoms with van der Waals surface area (Å²) in [7, 11) is -3.15. The van der Waals surface area contributed by atoms with Crippen molar-refractivity contribution in [2.45, 2.75) is 37.8 Å². The number of nitrogens with zero attached hydrogens (tertiary/aromatic N) is 3. The number of aromatic nitrogens is 3. The van der Waals surface area contributed by atoms with Gasteiger partial charge in [-0.25, -0.2) is 18.1 Å². The monoisotopic (exact) mass is 463 g/mol. The predicted molar refractivity (Wildman–Crippen MR) is 114 cm³/mol. The van der Waals surface area contributed by atoms with E-state index in [4.69, 9.17) is 0 Å². The molecule has 1 aliphatic carbocycles. The third kappa shape index (κ3) is 4.37. The minimum Gasteiger partial charge on any atom is -0.351 e. The smallest absolute Gasteiger partial charge is 0.224 e. The molecule has 28 heavy (non-hydrogen) atoms. The highest BCUT2D eigenvalue weighted by atomic mass is 79.9. The quantitative estimate of drug-likeness (QED) is 0.604. The number of sulfonamides is 1. The summed E-state index contributed by atoms with van der Waals surface area (Å²) in [6.07, 6.45) is 8.33. The summed E-state index contributed by atoms with van der Waals surface area (Å²) in [5.74, 6) is 1.40. The van der Waals surface area contributed by atoms with Crippen molar-refractivity contribution in [3.63, 3.8) is 0 Å². The summed E-state index contributed by atoms with van der Waals surface area (Å²) in [6, 6.07) is 10.3. The highest BCUT2D eigenvalue weighted by Crippen LogP contribution is 2.27. The lowest BCUT2D eigenvalue weighted by Gasteiger charge is -2.29. The summed E-state index contributed by atoms with van der Waals surface area (Å²) in [6.45, 7) is 0. The van der Waals surface area contributed by atoms with Crippen molar-refractivity contribution in [1.82, 2.24) is 19.3 Å². The molecule has 3 aromatic rings. The Hall–Kier alpha value is -1.97. The zero-order valence-electron chi connectivity index (χ0n) is 15.5. The van der Waals surface area contributed by atoms with E-state index in [9.17, 15) is 8.42 Å². The van der Waals surface area contributed by atoms with E-state index in [1.165, 1.54) is 6.26 Å². The standard InChI is InChI=1S/C19H22BrN5O2S/c1-28(26,27)24-14-7-5-13(6-8-14)22-19-21-11-9-18(23-19)25-12-10-15-16(20)3-2-4-17(15)25/h2-4,9-14,24H,5-8H2,1H3,(H,21,22,23). The molecule has 0 atom stereocenters. The number of halogens is 1. The maximum atomic E-state index is 11.4. The molecule has 7 nitrogen and oxygen atoms in total. The van der Waals surface area contributed by atoms with Crippen LogP contribution in [0.5, 0.6) is 0 Å². The van der Waals surface area contributed by atoms with Gasteiger partial charge in [0.25, 0.3) is 0 Å². The Bertz CT molecular complexity index is 1090. The molecular formula is C19H22BrN5O2S. The maximum absolute atomic E-state index is 11.4. The largest absolute Gasteiger partial charge is 0.351 e. The first kappa shape index (κ1) is 19.4. The zero-order valence-corrected chi connectivity index (χ0v) is 17.9. The van der Waals surface area contributed by atoms with Gasteiger partial charge < -0.3 is 9.88 Å². The third-order valence-corrected chi connectivity index (χ3v) is 6.46. The van der Waals surface area contributed by atoms with Gasteiger partial charge in [-0.2, -0.15) is 4.98 Å². The topological polar surface area (TPSA) is 88.9 Å². The van der Waals surface area contributed by atoms with E-state index >= 15 is 0 Å². The normalized spacial score (nSPS) is 20.4. The molecule has 1 aliphatic rings. The van der Waals surface area contributed by atoms with Gasteiger partial charge in [-0.05, 0) is 49.9 Å². The Morgan fingerprint density at radius 2 is 1.86 bits per heavy atom. The molecule has 2 aromatic heterocycles. The van der Waals surface area contributed by atoms with Gasteiger partial charge >= 0.3 is 0 Å². The van der Waals surface area contributed by atoms with Crippen LogP contribution in [-0.4, -0.2) is 41.3 Å². The second-order valence-electron chi connectivity index (χ2n) is 7.18. The van der Waals surface area contributed by atoms with E-state index < -0.39 is 10.0 Å². The number of rotatable bonds is 5. The summed E-state index contributed by atoms with van der Waals surface area (Å²) in [5.41, 5.74) is 1.08. The molecule has 9 heteroatoms. The molecule has 148 valence electrons. The first-order chi connectivity index (χ1) is 13.4. The average molecular weight is 464 g/mol. The van der Waals surface area contributed by atoms with Crippen LogP contribution in [0.15, 0.2) is 47.2 Å². The summed E-state index contributed by atoms with van der Waals surface area (Å²) in [4.78, 5) is 9.04. The second kappa shape index (κ2) is 7.81. The van der Waals surface area contributed by atoms with E-state index in [2.05, 4.69) is 48.1 Å². The van der Waals surface area contributed by atoms with Crippen molar-refractivity contribution in [3.05, 3.63) is 47.2 Å². The molecule has 0 amide bonds. The Morgan fingerprint density at radius 3 is 2.61 bits per heavy atom. The van der Waals surface area contributed by atoms with Gasteiger partial charge in [0.05, 0.1) is 11.8 Å². The van der Waals surface area contributed by atoms with Gasteiger partial charge in [-0.1, -0.05) is 22.0 Å². The molecule has 0 saturated heterocycles. The fraction of sp³-hybridized carbons (Fsp3) is 0.368. The van der Waals surface area contributed by atoms with Crippen LogP contribution in [-0.2, 0) is 10.0 Å². The van der Waals surface area contributed by atoms with Crippen LogP contribution in [0.25, 0.3) is 16.7 Å². The molecule has 0 unspecified atom stereocenters. The summed E-state index contributed by atoms with van der Waals surface area (Å²) < 4.78 is 28.6. The average Bonchev–Trinajstić information content (AvgIpc) is 3.08. The fourth-order valence-corrected chi connectivity index (χ4v) is 5.05. The number of hydrogen-bond donors (Lipinski definition) is 2. The molecule has 0 radical (unpaired) electrons. The predicted octanol–water partition coefficient (Wildman–Crippen LogP) is 3.46. The molecular weight excluding hydrogens is 442 g/mol. The van der Waals surface area contributed by atoms with Gasteiger partial charge in [0.2, 0.25) is 16.0 Å². The summed E-state index contributed by atoms with van der Waals surface area (Å²) in [5, 5.41) is 4.54. The highest BCUT2D eigenvalue weighted by Gasteiger charge is 2.23. The Labute approximate surface area is 172 Å². The second-order valence-corrected chi connectivity index (χ2v) is 9.81. The number of nitrogens with one attached hydrogen (secondary N) is 2. The van der Waals surface area contributed by atoms with E-state index in [1.54, 1.807) is 6.20 Å². The zero-order chi connectivity index (χ0) is 19.7. The maximum Gasteiger partial charge on any atom is 0.224 e. The Kier molecular flexibility index (Phi) is 5.39. The Balaban J connectivity index is 1.47. The van der Waals surface area contributed by atoms with Crippen LogP contribution in [0.4, 0.5) is 5.95 Å². The molecule has 0 bridgehead atoms. The van der Waals surface area contributed by atoms with Crippen molar-refractivity contribution >= 4 is 42.8 Å². The van der Waals surface area contributed by atoms with Crippen LogP contribution < -0.4 is 10.0 Å². The molecule has 0 spiro atoms. The van der Waals surface area contributed by atoms with E-state index in [0.29, 0.717) is 5.95 Å². The molecule has 2 heterocycles. The third-order valence-electron chi connectivity index (χ3n) is 5.01. The number of fused-ring (bicyclic) bond motifs is 1. The van der Waals surface area contributed by atoms with Crippen LogP contribution in [0.1, 0.15) is 25.7 Å². The van der Waals surface area contributed by atoms with Crippen LogP contribution in [0, 0.1) is 0 Å². The van der Waals surface area contributed by atoms with Crippen LogP contribution >= 0.6 is 15.9 Å². The summed E-state index contributed by atoms with van der Waals surface area (Å²) >= 11 is 3.58. The lowest BCUT2D eigenvalue weighted by Crippen LogP contribution is -2.39. The van der Waals surface area contributed by atoms with Gasteiger partial charge in [-0.3, -0.25) is 0 Å². The van der Waals surface area contributed by atoms with Gasteiger partial charge in [0.15, 0.2) is 0 Å². The highest BCUT2D eigenvalue weighted by molar-refractivity contribution is 9.10. The van der Waals surface area contributed by atoms with Crippen molar-refractivity contribution < 1.29 is 8.42 Å². The molecule has 4 rings (SSSR count). The molecule has 1 fully saturated rings. The van der Waals surface area contributed by atoms with E-state index in [0.717, 1.165) is 46.9 Å². The van der Waals surface area contributed by atoms with Crippen molar-refractivity contribution in [2.75, 3.05) is 11.6 Å². The fourth-order valence-electron chi connectivity index (χ4n) is 3.72. The Morgan fingerprint density at radius 1 is 1.11 bits per heavy atom. The lowest BCUT2D eigenvalue weighted by molar-refractivity contribution is 0.387. The van der Waals surface area contributed by atoms with Crippen LogP contribution in [0.2, 0.25) is 0 Å². The molecule has 1 saturated carbocycles. The van der Waals surface area contributed by atoms with Gasteiger partial charge in [0, 0.05) is 34.3 Å².